The van der Waals surface area contributed by atoms with Gasteiger partial charge in [0.2, 0.25) is 5.91 Å². The quantitative estimate of drug-likeness (QED) is 0.724. The van der Waals surface area contributed by atoms with E-state index < -0.39 is 17.5 Å². The second kappa shape index (κ2) is 8.41. The van der Waals surface area contributed by atoms with Gasteiger partial charge in [-0.2, -0.15) is 0 Å². The molecule has 1 aromatic heterocycles. The molecule has 0 unspecified atom stereocenters. The number of pyridine rings is 1. The van der Waals surface area contributed by atoms with Crippen molar-refractivity contribution in [1.82, 2.24) is 25.0 Å². The van der Waals surface area contributed by atoms with Crippen LogP contribution in [-0.2, 0) is 9.59 Å². The van der Waals surface area contributed by atoms with Crippen LogP contribution in [0.4, 0.5) is 4.79 Å². The summed E-state index contributed by atoms with van der Waals surface area (Å²) in [5.74, 6) is -0.694. The number of carbonyl (C=O) groups is 4. The Kier molecular flexibility index (Phi) is 6.09. The fourth-order valence-electron chi connectivity index (χ4n) is 4.21. The second-order valence-corrected chi connectivity index (χ2v) is 8.31. The lowest BCUT2D eigenvalue weighted by molar-refractivity contribution is -0.138. The Hall–Kier alpha value is -2.97. The second-order valence-electron chi connectivity index (χ2n) is 8.31. The van der Waals surface area contributed by atoms with Crippen LogP contribution in [0.25, 0.3) is 0 Å². The van der Waals surface area contributed by atoms with Crippen molar-refractivity contribution in [3.63, 3.8) is 0 Å². The molecule has 2 aliphatic heterocycles. The van der Waals surface area contributed by atoms with E-state index in [-0.39, 0.29) is 24.3 Å². The summed E-state index contributed by atoms with van der Waals surface area (Å²) in [7, 11) is 1.47. The van der Waals surface area contributed by atoms with Crippen molar-refractivity contribution in [3.05, 3.63) is 29.6 Å². The number of nitrogens with zero attached hydrogens (tertiary/aromatic N) is 4. The molecule has 1 spiro atoms. The van der Waals surface area contributed by atoms with E-state index in [2.05, 4.69) is 10.3 Å². The zero-order chi connectivity index (χ0) is 22.1. The first-order valence-corrected chi connectivity index (χ1v) is 10.3. The van der Waals surface area contributed by atoms with Crippen molar-refractivity contribution in [1.29, 1.82) is 0 Å². The number of imide groups is 1. The molecule has 1 N–H and O–H groups in total. The Morgan fingerprint density at radius 1 is 1.23 bits per heavy atom. The molecule has 0 aliphatic carbocycles. The van der Waals surface area contributed by atoms with Gasteiger partial charge < -0.3 is 15.1 Å². The number of likely N-dealkylation sites (N-methyl/N-ethyl adjacent to an activating group) is 1. The molecule has 2 saturated heterocycles. The van der Waals surface area contributed by atoms with Crippen molar-refractivity contribution < 1.29 is 19.2 Å². The minimum Gasteiger partial charge on any atom is -0.358 e. The highest BCUT2D eigenvalue weighted by atomic mass is 16.2. The predicted molar refractivity (Wildman–Crippen MR) is 110 cm³/mol. The van der Waals surface area contributed by atoms with E-state index in [1.807, 2.05) is 13.8 Å². The molecule has 1 aromatic rings. The highest BCUT2D eigenvalue weighted by Gasteiger charge is 2.58. The lowest BCUT2D eigenvalue weighted by Gasteiger charge is -2.42. The Bertz CT molecular complexity index is 861. The minimum atomic E-state index is -1.00. The normalized spacial score (nSPS) is 18.5. The number of nitrogens with one attached hydrogen (secondary N) is 1. The van der Waals surface area contributed by atoms with E-state index in [1.165, 1.54) is 7.05 Å². The number of hydrogen-bond donors (Lipinski definition) is 1. The maximum atomic E-state index is 13.3. The molecular weight excluding hydrogens is 386 g/mol. The van der Waals surface area contributed by atoms with Gasteiger partial charge in [-0.25, -0.2) is 4.79 Å². The maximum absolute atomic E-state index is 13.3. The van der Waals surface area contributed by atoms with Gasteiger partial charge in [0.1, 0.15) is 12.1 Å². The average Bonchev–Trinajstić information content (AvgIpc) is 2.90. The highest BCUT2D eigenvalue weighted by molar-refractivity contribution is 6.09. The molecule has 5 amide bonds. The van der Waals surface area contributed by atoms with Crippen LogP contribution in [-0.4, -0.2) is 82.2 Å². The van der Waals surface area contributed by atoms with Gasteiger partial charge in [-0.3, -0.25) is 24.3 Å². The predicted octanol–water partition coefficient (Wildman–Crippen LogP) is 1.03. The summed E-state index contributed by atoms with van der Waals surface area (Å²) in [5, 5.41) is 2.46. The molecule has 3 rings (SSSR count). The van der Waals surface area contributed by atoms with Gasteiger partial charge in [-0.15, -0.1) is 0 Å². The number of amides is 5. The first-order chi connectivity index (χ1) is 14.2. The summed E-state index contributed by atoms with van der Waals surface area (Å²) >= 11 is 0. The molecule has 0 saturated carbocycles. The van der Waals surface area contributed by atoms with Crippen LogP contribution in [0.3, 0.4) is 0 Å². The summed E-state index contributed by atoms with van der Waals surface area (Å²) in [6.07, 6.45) is 2.34. The summed E-state index contributed by atoms with van der Waals surface area (Å²) < 4.78 is 0. The van der Waals surface area contributed by atoms with E-state index in [9.17, 15) is 19.2 Å². The number of carbonyl (C=O) groups excluding carboxylic acids is 4. The fraction of sp³-hybridized carbons (Fsp3) is 0.571. The number of hydrogen-bond acceptors (Lipinski definition) is 5. The van der Waals surface area contributed by atoms with E-state index >= 15 is 0 Å². The molecule has 0 radical (unpaired) electrons. The third-order valence-corrected chi connectivity index (χ3v) is 5.87. The topological polar surface area (TPSA) is 103 Å². The molecule has 0 aromatic carbocycles. The molecular formula is C21H29N5O4. The average molecular weight is 415 g/mol. The molecule has 162 valence electrons. The molecule has 2 fully saturated rings. The van der Waals surface area contributed by atoms with Crippen LogP contribution in [0.2, 0.25) is 0 Å². The smallest absolute Gasteiger partial charge is 0.328 e. The van der Waals surface area contributed by atoms with Gasteiger partial charge in [0.25, 0.3) is 11.8 Å². The van der Waals surface area contributed by atoms with Crippen molar-refractivity contribution >= 4 is 23.8 Å². The third kappa shape index (κ3) is 3.76. The van der Waals surface area contributed by atoms with Crippen LogP contribution in [0.1, 0.15) is 42.7 Å². The summed E-state index contributed by atoms with van der Waals surface area (Å²) in [5.41, 5.74) is 0.200. The van der Waals surface area contributed by atoms with Crippen molar-refractivity contribution in [2.45, 2.75) is 39.2 Å². The zero-order valence-electron chi connectivity index (χ0n) is 18.0. The number of likely N-dealkylation sites (tertiary alicyclic amines) is 1. The molecule has 2 aliphatic rings. The Morgan fingerprint density at radius 3 is 2.47 bits per heavy atom. The molecule has 9 nitrogen and oxygen atoms in total. The van der Waals surface area contributed by atoms with E-state index in [1.54, 1.807) is 35.1 Å². The van der Waals surface area contributed by atoms with Crippen molar-refractivity contribution in [3.8, 4) is 0 Å². The van der Waals surface area contributed by atoms with Gasteiger partial charge in [0, 0.05) is 38.6 Å². The number of aromatic nitrogens is 1. The maximum Gasteiger partial charge on any atom is 0.328 e. The van der Waals surface area contributed by atoms with Crippen molar-refractivity contribution in [2.24, 2.45) is 5.92 Å². The van der Waals surface area contributed by atoms with E-state index in [0.29, 0.717) is 43.7 Å². The highest BCUT2D eigenvalue weighted by Crippen LogP contribution is 2.38. The largest absolute Gasteiger partial charge is 0.358 e. The number of urea groups is 1. The molecule has 30 heavy (non-hydrogen) atoms. The molecule has 0 atom stereocenters. The van der Waals surface area contributed by atoms with Gasteiger partial charge in [0.05, 0.1) is 5.56 Å². The third-order valence-electron chi connectivity index (χ3n) is 5.87. The first-order valence-electron chi connectivity index (χ1n) is 10.3. The summed E-state index contributed by atoms with van der Waals surface area (Å²) in [6, 6.07) is 3.04. The standard InChI is InChI=1S/C21H29N5O4/c1-14(2)12-26-20(30)25(13-17(27)22-4)19(29)21(26)7-10-24(11-8-21)18(28)16-6-5-9-23-15(16)3/h5-6,9,14H,7-8,10-13H2,1-4H3,(H,22,27). The van der Waals surface area contributed by atoms with Gasteiger partial charge in [-0.1, -0.05) is 13.8 Å². The monoisotopic (exact) mass is 415 g/mol. The van der Waals surface area contributed by atoms with Crippen LogP contribution >= 0.6 is 0 Å². The number of rotatable bonds is 5. The van der Waals surface area contributed by atoms with E-state index in [4.69, 9.17) is 0 Å². The van der Waals surface area contributed by atoms with Crippen LogP contribution in [0.5, 0.6) is 0 Å². The van der Waals surface area contributed by atoms with Crippen molar-refractivity contribution in [2.75, 3.05) is 33.2 Å². The lowest BCUT2D eigenvalue weighted by atomic mass is 9.85. The van der Waals surface area contributed by atoms with E-state index in [0.717, 1.165) is 4.90 Å². The molecule has 3 heterocycles. The minimum absolute atomic E-state index is 0.121. The molecule has 9 heteroatoms. The number of aryl methyl sites for hydroxylation is 1. The lowest BCUT2D eigenvalue weighted by Crippen LogP contribution is -2.58. The SMILES string of the molecule is CNC(=O)CN1C(=O)N(CC(C)C)C2(CCN(C(=O)c3cccnc3C)CC2)C1=O. The Morgan fingerprint density at radius 2 is 1.90 bits per heavy atom. The Labute approximate surface area is 176 Å². The van der Waals surface area contributed by atoms with Crippen LogP contribution < -0.4 is 5.32 Å². The molecule has 0 bridgehead atoms. The van der Waals surface area contributed by atoms with Crippen LogP contribution in [0.15, 0.2) is 18.3 Å². The first kappa shape index (κ1) is 21.7. The zero-order valence-corrected chi connectivity index (χ0v) is 18.0. The van der Waals surface area contributed by atoms with Gasteiger partial charge in [0.15, 0.2) is 0 Å². The fourth-order valence-corrected chi connectivity index (χ4v) is 4.21. The Balaban J connectivity index is 1.82. The van der Waals surface area contributed by atoms with Gasteiger partial charge >= 0.3 is 6.03 Å². The summed E-state index contributed by atoms with van der Waals surface area (Å²) in [4.78, 5) is 59.7. The van der Waals surface area contributed by atoms with Crippen LogP contribution in [0, 0.1) is 12.8 Å². The number of piperidine rings is 1. The summed E-state index contributed by atoms with van der Waals surface area (Å²) in [6.45, 7) is 6.60. The van der Waals surface area contributed by atoms with Gasteiger partial charge in [-0.05, 0) is 37.8 Å².